The predicted octanol–water partition coefficient (Wildman–Crippen LogP) is 1.65. The standard InChI is InChI=1S/C19H27N5O2/c1-11(2)16(25)19(26)24-8-12-6-14(7-13(12)9-24)23(3)18-15-4-5-20-17(15)21-10-22-18/h4-5,10-14,16,25H,6-9H2,1-3H3,(H,20,21,22)/t12-,13+,14?,16?. The molecule has 1 amide bonds. The molecule has 1 saturated carbocycles. The fraction of sp³-hybridized carbons (Fsp3) is 0.632. The zero-order chi connectivity index (χ0) is 18.4. The van der Waals surface area contributed by atoms with Crippen molar-refractivity contribution in [3.05, 3.63) is 18.6 Å². The second-order valence-electron chi connectivity index (χ2n) is 8.13. The molecule has 140 valence electrons. The highest BCUT2D eigenvalue weighted by Crippen LogP contribution is 2.41. The zero-order valence-electron chi connectivity index (χ0n) is 15.6. The van der Waals surface area contributed by atoms with E-state index in [0.717, 1.165) is 42.8 Å². The molecular formula is C19H27N5O2. The van der Waals surface area contributed by atoms with Crippen LogP contribution in [0.25, 0.3) is 11.0 Å². The van der Waals surface area contributed by atoms with Crippen LogP contribution < -0.4 is 4.90 Å². The molecule has 2 aromatic rings. The summed E-state index contributed by atoms with van der Waals surface area (Å²) >= 11 is 0. The Morgan fingerprint density at radius 3 is 2.65 bits per heavy atom. The second kappa shape index (κ2) is 6.54. The van der Waals surface area contributed by atoms with Crippen LogP contribution in [0.3, 0.4) is 0 Å². The molecule has 2 N–H and O–H groups in total. The number of anilines is 1. The maximum atomic E-state index is 12.4. The van der Waals surface area contributed by atoms with E-state index >= 15 is 0 Å². The molecule has 7 nitrogen and oxygen atoms in total. The number of amides is 1. The minimum Gasteiger partial charge on any atom is -0.383 e. The largest absolute Gasteiger partial charge is 0.383 e. The molecular weight excluding hydrogens is 330 g/mol. The smallest absolute Gasteiger partial charge is 0.251 e. The van der Waals surface area contributed by atoms with Crippen molar-refractivity contribution in [1.82, 2.24) is 19.9 Å². The third kappa shape index (κ3) is 2.84. The maximum absolute atomic E-state index is 12.4. The fourth-order valence-corrected chi connectivity index (χ4v) is 4.55. The molecule has 1 aliphatic carbocycles. The Labute approximate surface area is 153 Å². The third-order valence-corrected chi connectivity index (χ3v) is 6.14. The lowest BCUT2D eigenvalue weighted by Crippen LogP contribution is -2.41. The van der Waals surface area contributed by atoms with Gasteiger partial charge in [-0.15, -0.1) is 0 Å². The molecule has 4 atom stereocenters. The van der Waals surface area contributed by atoms with Gasteiger partial charge in [-0.3, -0.25) is 4.79 Å². The second-order valence-corrected chi connectivity index (χ2v) is 8.13. The molecule has 0 radical (unpaired) electrons. The normalized spacial score (nSPS) is 26.5. The highest BCUT2D eigenvalue weighted by molar-refractivity contribution is 5.87. The van der Waals surface area contributed by atoms with E-state index in [-0.39, 0.29) is 11.8 Å². The van der Waals surface area contributed by atoms with E-state index in [1.807, 2.05) is 31.0 Å². The van der Waals surface area contributed by atoms with Crippen molar-refractivity contribution in [2.45, 2.75) is 38.8 Å². The summed E-state index contributed by atoms with van der Waals surface area (Å²) in [7, 11) is 2.10. The Bertz CT molecular complexity index is 790. The fourth-order valence-electron chi connectivity index (χ4n) is 4.55. The lowest BCUT2D eigenvalue weighted by atomic mass is 10.0. The van der Waals surface area contributed by atoms with Gasteiger partial charge in [-0.1, -0.05) is 13.8 Å². The van der Waals surface area contributed by atoms with Crippen LogP contribution in [0.15, 0.2) is 18.6 Å². The highest BCUT2D eigenvalue weighted by Gasteiger charge is 2.44. The molecule has 2 unspecified atom stereocenters. The van der Waals surface area contributed by atoms with Crippen LogP contribution in [0, 0.1) is 17.8 Å². The molecule has 26 heavy (non-hydrogen) atoms. The van der Waals surface area contributed by atoms with E-state index < -0.39 is 6.10 Å². The molecule has 0 aromatic carbocycles. The van der Waals surface area contributed by atoms with Crippen LogP contribution in [-0.2, 0) is 4.79 Å². The molecule has 1 saturated heterocycles. The van der Waals surface area contributed by atoms with Gasteiger partial charge in [0.2, 0.25) is 0 Å². The average molecular weight is 357 g/mol. The van der Waals surface area contributed by atoms with Crippen LogP contribution in [0.1, 0.15) is 26.7 Å². The number of fused-ring (bicyclic) bond motifs is 2. The van der Waals surface area contributed by atoms with E-state index in [1.165, 1.54) is 0 Å². The minimum absolute atomic E-state index is 0.0386. The van der Waals surface area contributed by atoms with Crippen LogP contribution in [0.2, 0.25) is 0 Å². The molecule has 0 bridgehead atoms. The van der Waals surface area contributed by atoms with Crippen LogP contribution in [0.5, 0.6) is 0 Å². The topological polar surface area (TPSA) is 85.3 Å². The van der Waals surface area contributed by atoms with Crippen molar-refractivity contribution in [2.24, 2.45) is 17.8 Å². The first-order valence-corrected chi connectivity index (χ1v) is 9.43. The van der Waals surface area contributed by atoms with E-state index in [1.54, 1.807) is 6.33 Å². The van der Waals surface area contributed by atoms with Gasteiger partial charge in [0.15, 0.2) is 0 Å². The first-order valence-electron chi connectivity index (χ1n) is 9.43. The van der Waals surface area contributed by atoms with Crippen LogP contribution in [0.4, 0.5) is 5.82 Å². The Morgan fingerprint density at radius 2 is 2.00 bits per heavy atom. The van der Waals surface area contributed by atoms with Gasteiger partial charge in [0.25, 0.3) is 5.91 Å². The Morgan fingerprint density at radius 1 is 1.31 bits per heavy atom. The van der Waals surface area contributed by atoms with Crippen molar-refractivity contribution in [1.29, 1.82) is 0 Å². The minimum atomic E-state index is -0.879. The van der Waals surface area contributed by atoms with Gasteiger partial charge in [0.05, 0.1) is 5.39 Å². The van der Waals surface area contributed by atoms with Crippen LogP contribution in [-0.4, -0.2) is 63.1 Å². The number of H-pyrrole nitrogens is 1. The number of hydrogen-bond acceptors (Lipinski definition) is 5. The molecule has 2 fully saturated rings. The molecule has 4 rings (SSSR count). The molecule has 1 aliphatic heterocycles. The highest BCUT2D eigenvalue weighted by atomic mass is 16.3. The summed E-state index contributed by atoms with van der Waals surface area (Å²) in [6.07, 6.45) is 4.73. The monoisotopic (exact) mass is 357 g/mol. The number of likely N-dealkylation sites (tertiary alicyclic amines) is 1. The van der Waals surface area contributed by atoms with Gasteiger partial charge in [-0.2, -0.15) is 0 Å². The van der Waals surface area contributed by atoms with E-state index in [9.17, 15) is 9.90 Å². The summed E-state index contributed by atoms with van der Waals surface area (Å²) < 4.78 is 0. The molecule has 7 heteroatoms. The number of carbonyl (C=O) groups is 1. The Kier molecular flexibility index (Phi) is 4.34. The number of carbonyl (C=O) groups excluding carboxylic acids is 1. The lowest BCUT2D eigenvalue weighted by molar-refractivity contribution is -0.141. The number of aliphatic hydroxyl groups excluding tert-OH is 1. The van der Waals surface area contributed by atoms with Gasteiger partial charge in [0.1, 0.15) is 23.9 Å². The van der Waals surface area contributed by atoms with Crippen molar-refractivity contribution >= 4 is 22.8 Å². The number of nitrogens with zero attached hydrogens (tertiary/aromatic N) is 4. The zero-order valence-corrected chi connectivity index (χ0v) is 15.6. The van der Waals surface area contributed by atoms with Crippen molar-refractivity contribution in [3.8, 4) is 0 Å². The van der Waals surface area contributed by atoms with Crippen LogP contribution >= 0.6 is 0 Å². The number of aromatic amines is 1. The van der Waals surface area contributed by atoms with Gasteiger partial charge in [-0.25, -0.2) is 9.97 Å². The molecule has 0 spiro atoms. The Hall–Kier alpha value is -2.15. The summed E-state index contributed by atoms with van der Waals surface area (Å²) in [6, 6.07) is 2.44. The van der Waals surface area contributed by atoms with Gasteiger partial charge in [-0.05, 0) is 36.7 Å². The van der Waals surface area contributed by atoms with Crippen molar-refractivity contribution < 1.29 is 9.90 Å². The van der Waals surface area contributed by atoms with E-state index in [0.29, 0.717) is 17.9 Å². The van der Waals surface area contributed by atoms with Crippen molar-refractivity contribution in [3.63, 3.8) is 0 Å². The summed E-state index contributed by atoms with van der Waals surface area (Å²) in [5.41, 5.74) is 0.861. The van der Waals surface area contributed by atoms with Gasteiger partial charge in [0, 0.05) is 32.4 Å². The molecule has 2 aromatic heterocycles. The summed E-state index contributed by atoms with van der Waals surface area (Å²) in [4.78, 5) is 28.5. The first kappa shape index (κ1) is 17.3. The van der Waals surface area contributed by atoms with Crippen molar-refractivity contribution in [2.75, 3.05) is 25.0 Å². The van der Waals surface area contributed by atoms with E-state index in [2.05, 4.69) is 26.9 Å². The van der Waals surface area contributed by atoms with Gasteiger partial charge < -0.3 is 19.9 Å². The number of aliphatic hydroxyl groups is 1. The molecule has 2 aliphatic rings. The summed E-state index contributed by atoms with van der Waals surface area (Å²) in [5, 5.41) is 11.1. The number of rotatable bonds is 4. The maximum Gasteiger partial charge on any atom is 0.251 e. The number of aromatic nitrogens is 3. The van der Waals surface area contributed by atoms with Gasteiger partial charge >= 0.3 is 0 Å². The number of nitrogens with one attached hydrogen (secondary N) is 1. The lowest BCUT2D eigenvalue weighted by Gasteiger charge is -2.28. The predicted molar refractivity (Wildman–Crippen MR) is 99.7 cm³/mol. The average Bonchev–Trinajstić information content (AvgIpc) is 3.32. The summed E-state index contributed by atoms with van der Waals surface area (Å²) in [5.74, 6) is 1.83. The van der Waals surface area contributed by atoms with E-state index in [4.69, 9.17) is 0 Å². The Balaban J connectivity index is 1.43. The summed E-state index contributed by atoms with van der Waals surface area (Å²) in [6.45, 7) is 5.30. The third-order valence-electron chi connectivity index (χ3n) is 6.14. The SMILES string of the molecule is CC(C)C(O)C(=O)N1C[C@H]2CC(N(C)c3ncnc4[nH]ccc34)C[C@H]2C1. The number of hydrogen-bond donors (Lipinski definition) is 2. The molecule has 3 heterocycles. The quantitative estimate of drug-likeness (QED) is 0.869. The first-order chi connectivity index (χ1) is 12.5.